The van der Waals surface area contributed by atoms with Crippen LogP contribution in [-0.2, 0) is 9.59 Å². The molecule has 0 spiro atoms. The summed E-state index contributed by atoms with van der Waals surface area (Å²) in [4.78, 5) is 23.9. The molecule has 0 aromatic carbocycles. The Morgan fingerprint density at radius 3 is 2.33 bits per heavy atom. The molecule has 0 bridgehead atoms. The van der Waals surface area contributed by atoms with Crippen molar-refractivity contribution in [3.63, 3.8) is 0 Å². The van der Waals surface area contributed by atoms with Gasteiger partial charge in [-0.25, -0.2) is 0 Å². The molecule has 1 unspecified atom stereocenters. The number of hydrogen-bond acceptors (Lipinski definition) is 3. The Hall–Kier alpha value is -1.36. The highest BCUT2D eigenvalue weighted by Gasteiger charge is 2.23. The number of primary amides is 1. The van der Waals surface area contributed by atoms with Gasteiger partial charge >= 0.3 is 0 Å². The van der Waals surface area contributed by atoms with Crippen molar-refractivity contribution < 1.29 is 9.59 Å². The van der Waals surface area contributed by atoms with Crippen LogP contribution in [0.5, 0.6) is 0 Å². The smallest absolute Gasteiger partial charge is 0.240 e. The third-order valence-corrected chi connectivity index (χ3v) is 1.97. The van der Waals surface area contributed by atoms with Crippen LogP contribution in [0.15, 0.2) is 12.7 Å². The summed E-state index contributed by atoms with van der Waals surface area (Å²) in [5.74, 6) is -0.846. The fourth-order valence-electron chi connectivity index (χ4n) is 1.21. The summed E-state index contributed by atoms with van der Waals surface area (Å²) in [6.07, 6.45) is 1.49. The van der Waals surface area contributed by atoms with Gasteiger partial charge in [-0.3, -0.25) is 9.59 Å². The second kappa shape index (κ2) is 6.19. The predicted molar refractivity (Wildman–Crippen MR) is 58.8 cm³/mol. The lowest BCUT2D eigenvalue weighted by Crippen LogP contribution is -2.48. The van der Waals surface area contributed by atoms with Crippen LogP contribution in [-0.4, -0.2) is 35.3 Å². The van der Waals surface area contributed by atoms with Crippen LogP contribution in [0.2, 0.25) is 0 Å². The molecule has 86 valence electrons. The Morgan fingerprint density at radius 2 is 2.00 bits per heavy atom. The summed E-state index contributed by atoms with van der Waals surface area (Å²) in [5.41, 5.74) is 10.5. The second-order valence-electron chi connectivity index (χ2n) is 3.65. The fraction of sp³-hybridized carbons (Fsp3) is 0.600. The Morgan fingerprint density at radius 1 is 1.47 bits per heavy atom. The Kier molecular flexibility index (Phi) is 5.62. The van der Waals surface area contributed by atoms with Crippen LogP contribution in [0.3, 0.4) is 0 Å². The van der Waals surface area contributed by atoms with E-state index in [-0.39, 0.29) is 18.4 Å². The average molecular weight is 213 g/mol. The monoisotopic (exact) mass is 213 g/mol. The van der Waals surface area contributed by atoms with Crippen molar-refractivity contribution in [2.24, 2.45) is 11.5 Å². The Balaban J connectivity index is 4.48. The van der Waals surface area contributed by atoms with Crippen molar-refractivity contribution in [2.75, 3.05) is 6.54 Å². The first-order valence-corrected chi connectivity index (χ1v) is 4.85. The highest BCUT2D eigenvalue weighted by atomic mass is 16.2. The average Bonchev–Trinajstić information content (AvgIpc) is 2.11. The second-order valence-corrected chi connectivity index (χ2v) is 3.65. The molecule has 0 aliphatic carbocycles. The Labute approximate surface area is 90.1 Å². The summed E-state index contributed by atoms with van der Waals surface area (Å²) in [6, 6.07) is -0.834. The van der Waals surface area contributed by atoms with Gasteiger partial charge in [-0.1, -0.05) is 6.08 Å². The van der Waals surface area contributed by atoms with Gasteiger partial charge in [0.25, 0.3) is 0 Å². The third kappa shape index (κ3) is 4.60. The summed E-state index contributed by atoms with van der Waals surface area (Å²) in [6.45, 7) is 7.73. The lowest BCUT2D eigenvalue weighted by Gasteiger charge is -2.27. The SMILES string of the molecule is C=CCN(C(=O)C(N)CC(N)=O)C(C)C. The lowest BCUT2D eigenvalue weighted by molar-refractivity contribution is -0.135. The van der Waals surface area contributed by atoms with Gasteiger partial charge in [0.15, 0.2) is 0 Å². The van der Waals surface area contributed by atoms with Crippen LogP contribution >= 0.6 is 0 Å². The first-order valence-electron chi connectivity index (χ1n) is 4.85. The molecule has 0 heterocycles. The van der Waals surface area contributed by atoms with Crippen LogP contribution in [0.4, 0.5) is 0 Å². The molecule has 2 amide bonds. The van der Waals surface area contributed by atoms with Gasteiger partial charge in [0, 0.05) is 12.6 Å². The molecule has 5 nitrogen and oxygen atoms in total. The maximum absolute atomic E-state index is 11.8. The van der Waals surface area contributed by atoms with E-state index in [0.717, 1.165) is 0 Å². The normalized spacial score (nSPS) is 12.3. The molecule has 0 aromatic rings. The van der Waals surface area contributed by atoms with Crippen molar-refractivity contribution >= 4 is 11.8 Å². The first kappa shape index (κ1) is 13.6. The maximum Gasteiger partial charge on any atom is 0.240 e. The molecule has 0 saturated heterocycles. The zero-order chi connectivity index (χ0) is 12.0. The first-order chi connectivity index (χ1) is 6.90. The number of amides is 2. The molecule has 0 aliphatic rings. The van der Waals surface area contributed by atoms with Crippen LogP contribution < -0.4 is 11.5 Å². The van der Waals surface area contributed by atoms with Gasteiger partial charge in [-0.05, 0) is 13.8 Å². The van der Waals surface area contributed by atoms with E-state index in [0.29, 0.717) is 6.54 Å². The van der Waals surface area contributed by atoms with Crippen LogP contribution in [0, 0.1) is 0 Å². The molecular weight excluding hydrogens is 194 g/mol. The van der Waals surface area contributed by atoms with E-state index in [9.17, 15) is 9.59 Å². The minimum absolute atomic E-state index is 0.0226. The third-order valence-electron chi connectivity index (χ3n) is 1.97. The molecule has 0 saturated carbocycles. The number of nitrogens with zero attached hydrogens (tertiary/aromatic N) is 1. The largest absolute Gasteiger partial charge is 0.370 e. The summed E-state index contributed by atoms with van der Waals surface area (Å²) in [5, 5.41) is 0. The van der Waals surface area contributed by atoms with Gasteiger partial charge in [-0.2, -0.15) is 0 Å². The van der Waals surface area contributed by atoms with Crippen LogP contribution in [0.25, 0.3) is 0 Å². The van der Waals surface area contributed by atoms with Gasteiger partial charge in [0.05, 0.1) is 12.5 Å². The zero-order valence-electron chi connectivity index (χ0n) is 9.27. The number of carbonyl (C=O) groups is 2. The predicted octanol–water partition coefficient (Wildman–Crippen LogP) is -0.388. The van der Waals surface area contributed by atoms with Crippen molar-refractivity contribution in [3.8, 4) is 0 Å². The van der Waals surface area contributed by atoms with Crippen molar-refractivity contribution in [1.29, 1.82) is 0 Å². The van der Waals surface area contributed by atoms with E-state index in [1.54, 1.807) is 11.0 Å². The number of hydrogen-bond donors (Lipinski definition) is 2. The quantitative estimate of drug-likeness (QED) is 0.589. The highest BCUT2D eigenvalue weighted by Crippen LogP contribution is 2.03. The molecule has 0 fully saturated rings. The van der Waals surface area contributed by atoms with E-state index >= 15 is 0 Å². The molecule has 0 aliphatic heterocycles. The van der Waals surface area contributed by atoms with Crippen molar-refractivity contribution in [2.45, 2.75) is 32.4 Å². The summed E-state index contributed by atoms with van der Waals surface area (Å²) in [7, 11) is 0. The molecule has 5 heteroatoms. The van der Waals surface area contributed by atoms with Gasteiger partial charge in [0.2, 0.25) is 11.8 Å². The zero-order valence-corrected chi connectivity index (χ0v) is 9.27. The molecule has 4 N–H and O–H groups in total. The topological polar surface area (TPSA) is 89.4 Å². The number of nitrogens with two attached hydrogens (primary N) is 2. The maximum atomic E-state index is 11.8. The van der Waals surface area contributed by atoms with Gasteiger partial charge < -0.3 is 16.4 Å². The van der Waals surface area contributed by atoms with E-state index in [2.05, 4.69) is 6.58 Å². The summed E-state index contributed by atoms with van der Waals surface area (Å²) < 4.78 is 0. The summed E-state index contributed by atoms with van der Waals surface area (Å²) >= 11 is 0. The van der Waals surface area contributed by atoms with E-state index in [4.69, 9.17) is 11.5 Å². The van der Waals surface area contributed by atoms with E-state index in [1.165, 1.54) is 0 Å². The highest BCUT2D eigenvalue weighted by molar-refractivity contribution is 5.87. The molecule has 15 heavy (non-hydrogen) atoms. The van der Waals surface area contributed by atoms with Gasteiger partial charge in [-0.15, -0.1) is 6.58 Å². The van der Waals surface area contributed by atoms with Crippen molar-refractivity contribution in [1.82, 2.24) is 4.90 Å². The number of rotatable bonds is 6. The van der Waals surface area contributed by atoms with Crippen molar-refractivity contribution in [3.05, 3.63) is 12.7 Å². The van der Waals surface area contributed by atoms with E-state index in [1.807, 2.05) is 13.8 Å². The molecule has 0 rings (SSSR count). The molecule has 0 aromatic heterocycles. The minimum Gasteiger partial charge on any atom is -0.370 e. The standard InChI is InChI=1S/C10H19N3O2/c1-4-5-13(7(2)3)10(15)8(11)6-9(12)14/h4,7-8H,1,5-6,11H2,2-3H3,(H2,12,14). The van der Waals surface area contributed by atoms with Gasteiger partial charge in [0.1, 0.15) is 0 Å². The molecular formula is C10H19N3O2. The van der Waals surface area contributed by atoms with E-state index < -0.39 is 11.9 Å². The molecule has 0 radical (unpaired) electrons. The Bertz CT molecular complexity index is 251. The fourth-order valence-corrected chi connectivity index (χ4v) is 1.21. The minimum atomic E-state index is -0.857. The number of carbonyl (C=O) groups excluding carboxylic acids is 2. The lowest BCUT2D eigenvalue weighted by atomic mass is 10.1. The van der Waals surface area contributed by atoms with Crippen LogP contribution in [0.1, 0.15) is 20.3 Å². The molecule has 1 atom stereocenters.